The highest BCUT2D eigenvalue weighted by atomic mass is 16.5. The van der Waals surface area contributed by atoms with Gasteiger partial charge in [0.2, 0.25) is 11.8 Å². The summed E-state index contributed by atoms with van der Waals surface area (Å²) in [7, 11) is 0. The molecule has 0 amide bonds. The molecule has 4 nitrogen and oxygen atoms in total. The van der Waals surface area contributed by atoms with Crippen LogP contribution in [0, 0.1) is 0 Å². The highest BCUT2D eigenvalue weighted by molar-refractivity contribution is 6.08. The lowest BCUT2D eigenvalue weighted by Gasteiger charge is -2.08. The molecule has 0 fully saturated rings. The second-order valence-electron chi connectivity index (χ2n) is 7.72. The summed E-state index contributed by atoms with van der Waals surface area (Å²) in [6.07, 6.45) is 1.76. The molecule has 0 radical (unpaired) electrons. The quantitative estimate of drug-likeness (QED) is 0.617. The average molecular weight is 396 g/mol. The maximum absolute atomic E-state index is 5.99. The first-order valence-corrected chi connectivity index (χ1v) is 10.4. The summed E-state index contributed by atoms with van der Waals surface area (Å²) in [6, 6.07) is 29.2. The highest BCUT2D eigenvalue weighted by Crippen LogP contribution is 2.22. The maximum atomic E-state index is 5.99. The topological polar surface area (TPSA) is 43.2 Å². The number of hydrogen-bond acceptors (Lipinski definition) is 4. The van der Waals surface area contributed by atoms with Gasteiger partial charge in [0.15, 0.2) is 0 Å². The fourth-order valence-electron chi connectivity index (χ4n) is 3.96. The molecular formula is C26H24N2O2. The third-order valence-corrected chi connectivity index (χ3v) is 5.44. The molecule has 5 rings (SSSR count). The average Bonchev–Trinajstić information content (AvgIpc) is 3.45. The summed E-state index contributed by atoms with van der Waals surface area (Å²) in [4.78, 5) is 9.71. The van der Waals surface area contributed by atoms with Gasteiger partial charge in [0, 0.05) is 11.1 Å². The van der Waals surface area contributed by atoms with Crippen molar-refractivity contribution in [1.82, 2.24) is 0 Å². The number of hydrogen-bond donors (Lipinski definition) is 0. The number of ether oxygens (including phenoxy) is 2. The molecule has 3 aromatic rings. The molecule has 0 unspecified atom stereocenters. The summed E-state index contributed by atoms with van der Waals surface area (Å²) >= 11 is 0. The Morgan fingerprint density at radius 3 is 1.40 bits per heavy atom. The molecule has 0 N–H and O–H groups in total. The number of benzene rings is 3. The van der Waals surface area contributed by atoms with Crippen LogP contribution < -0.4 is 0 Å². The van der Waals surface area contributed by atoms with Crippen molar-refractivity contribution in [1.29, 1.82) is 0 Å². The van der Waals surface area contributed by atoms with Crippen LogP contribution in [0.2, 0.25) is 0 Å². The first kappa shape index (κ1) is 18.6. The van der Waals surface area contributed by atoms with Crippen molar-refractivity contribution in [2.24, 2.45) is 9.98 Å². The summed E-state index contributed by atoms with van der Waals surface area (Å²) < 4.78 is 12.0. The molecule has 0 aliphatic carbocycles. The molecule has 3 aromatic carbocycles. The lowest BCUT2D eigenvalue weighted by Crippen LogP contribution is -2.11. The molecular weight excluding hydrogens is 372 g/mol. The maximum Gasteiger partial charge on any atom is 0.217 e. The van der Waals surface area contributed by atoms with E-state index in [1.54, 1.807) is 0 Å². The van der Waals surface area contributed by atoms with Crippen molar-refractivity contribution in [2.75, 3.05) is 13.2 Å². The van der Waals surface area contributed by atoms with Crippen molar-refractivity contribution >= 4 is 11.8 Å². The zero-order chi connectivity index (χ0) is 20.2. The lowest BCUT2D eigenvalue weighted by molar-refractivity contribution is 0.313. The largest absolute Gasteiger partial charge is 0.475 e. The van der Waals surface area contributed by atoms with Crippen LogP contribution >= 0.6 is 0 Å². The monoisotopic (exact) mass is 396 g/mol. The third kappa shape index (κ3) is 4.13. The van der Waals surface area contributed by atoms with E-state index in [2.05, 4.69) is 48.5 Å². The second-order valence-corrected chi connectivity index (χ2v) is 7.72. The molecule has 0 saturated carbocycles. The van der Waals surface area contributed by atoms with E-state index in [4.69, 9.17) is 19.5 Å². The van der Waals surface area contributed by atoms with E-state index in [0.717, 1.165) is 24.0 Å². The SMILES string of the molecule is c1ccc(C[C@H]2COC(c3ccccc3C3=N[C@@H](Cc4ccccc4)CO3)=N2)cc1. The molecule has 150 valence electrons. The Bertz CT molecular complexity index is 974. The Hall–Kier alpha value is -3.40. The van der Waals surface area contributed by atoms with Gasteiger partial charge in [-0.1, -0.05) is 72.8 Å². The molecule has 2 heterocycles. The van der Waals surface area contributed by atoms with Crippen LogP contribution in [0.25, 0.3) is 0 Å². The molecule has 0 aromatic heterocycles. The minimum absolute atomic E-state index is 0.132. The Kier molecular flexibility index (Phi) is 5.30. The number of nitrogens with zero attached hydrogens (tertiary/aromatic N) is 2. The molecule has 4 heteroatoms. The van der Waals surface area contributed by atoms with Gasteiger partial charge >= 0.3 is 0 Å². The predicted molar refractivity (Wildman–Crippen MR) is 119 cm³/mol. The summed E-state index contributed by atoms with van der Waals surface area (Å²) in [6.45, 7) is 1.20. The van der Waals surface area contributed by atoms with E-state index in [9.17, 15) is 0 Å². The Balaban J connectivity index is 1.35. The van der Waals surface area contributed by atoms with Gasteiger partial charge in [-0.2, -0.15) is 0 Å². The smallest absolute Gasteiger partial charge is 0.217 e. The van der Waals surface area contributed by atoms with Crippen LogP contribution in [0.1, 0.15) is 22.3 Å². The van der Waals surface area contributed by atoms with Gasteiger partial charge in [-0.15, -0.1) is 0 Å². The van der Waals surface area contributed by atoms with Gasteiger partial charge in [-0.3, -0.25) is 0 Å². The predicted octanol–water partition coefficient (Wildman–Crippen LogP) is 4.46. The number of rotatable bonds is 6. The minimum Gasteiger partial charge on any atom is -0.475 e. The van der Waals surface area contributed by atoms with Crippen molar-refractivity contribution in [2.45, 2.75) is 24.9 Å². The normalized spacial score (nSPS) is 20.3. The van der Waals surface area contributed by atoms with Gasteiger partial charge in [-0.25, -0.2) is 9.98 Å². The van der Waals surface area contributed by atoms with Crippen LogP contribution in [-0.4, -0.2) is 37.1 Å². The summed E-state index contributed by atoms with van der Waals surface area (Å²) in [5.41, 5.74) is 4.45. The fourth-order valence-corrected chi connectivity index (χ4v) is 3.96. The number of aliphatic imine (C=N–C) groups is 2. The third-order valence-electron chi connectivity index (χ3n) is 5.44. The van der Waals surface area contributed by atoms with E-state index in [1.165, 1.54) is 11.1 Å². The second kappa shape index (κ2) is 8.54. The van der Waals surface area contributed by atoms with E-state index in [1.807, 2.05) is 36.4 Å². The minimum atomic E-state index is 0.132. The summed E-state index contributed by atoms with van der Waals surface area (Å²) in [5.74, 6) is 1.37. The van der Waals surface area contributed by atoms with Crippen molar-refractivity contribution < 1.29 is 9.47 Å². The van der Waals surface area contributed by atoms with Crippen molar-refractivity contribution in [3.63, 3.8) is 0 Å². The van der Waals surface area contributed by atoms with Crippen molar-refractivity contribution in [3.8, 4) is 0 Å². The van der Waals surface area contributed by atoms with E-state index in [0.29, 0.717) is 25.0 Å². The molecule has 0 bridgehead atoms. The first-order chi connectivity index (χ1) is 14.8. The fraction of sp³-hybridized carbons (Fsp3) is 0.231. The first-order valence-electron chi connectivity index (χ1n) is 10.4. The van der Waals surface area contributed by atoms with Crippen LogP contribution in [-0.2, 0) is 22.3 Å². The van der Waals surface area contributed by atoms with E-state index >= 15 is 0 Å². The molecule has 2 aliphatic heterocycles. The zero-order valence-electron chi connectivity index (χ0n) is 16.8. The highest BCUT2D eigenvalue weighted by Gasteiger charge is 2.27. The summed E-state index contributed by atoms with van der Waals surface area (Å²) in [5, 5.41) is 0. The van der Waals surface area contributed by atoms with E-state index in [-0.39, 0.29) is 12.1 Å². The van der Waals surface area contributed by atoms with Crippen LogP contribution in [0.4, 0.5) is 0 Å². The van der Waals surface area contributed by atoms with Crippen LogP contribution in [0.5, 0.6) is 0 Å². The van der Waals surface area contributed by atoms with Gasteiger partial charge in [0.25, 0.3) is 0 Å². The molecule has 2 aliphatic rings. The Labute approximate surface area is 176 Å². The van der Waals surface area contributed by atoms with Gasteiger partial charge in [0.1, 0.15) is 13.2 Å². The Morgan fingerprint density at radius 1 is 0.567 bits per heavy atom. The van der Waals surface area contributed by atoms with Gasteiger partial charge in [-0.05, 0) is 36.1 Å². The van der Waals surface area contributed by atoms with Gasteiger partial charge in [0.05, 0.1) is 12.1 Å². The van der Waals surface area contributed by atoms with E-state index < -0.39 is 0 Å². The zero-order valence-corrected chi connectivity index (χ0v) is 16.8. The Morgan fingerprint density at radius 2 is 0.967 bits per heavy atom. The van der Waals surface area contributed by atoms with Crippen LogP contribution in [0.15, 0.2) is 94.9 Å². The molecule has 0 saturated heterocycles. The van der Waals surface area contributed by atoms with Crippen molar-refractivity contribution in [3.05, 3.63) is 107 Å². The van der Waals surface area contributed by atoms with Crippen LogP contribution in [0.3, 0.4) is 0 Å². The molecule has 2 atom stereocenters. The lowest BCUT2D eigenvalue weighted by atomic mass is 10.1. The molecule has 0 spiro atoms. The molecule has 30 heavy (non-hydrogen) atoms. The van der Waals surface area contributed by atoms with Gasteiger partial charge < -0.3 is 9.47 Å². The standard InChI is InChI=1S/C26H24N2O2/c1-3-9-19(10-4-1)15-21-17-29-25(27-21)23-13-7-8-14-24(23)26-28-22(18-30-26)16-20-11-5-2-6-12-20/h1-14,21-22H,15-18H2/t21-,22-/m0/s1.